The van der Waals surface area contributed by atoms with E-state index in [2.05, 4.69) is 10.2 Å². The second kappa shape index (κ2) is 5.61. The maximum absolute atomic E-state index is 11.2. The Kier molecular flexibility index (Phi) is 4.15. The lowest BCUT2D eigenvalue weighted by molar-refractivity contribution is -0.120. The minimum absolute atomic E-state index is 0.0428. The number of nitrogens with zero attached hydrogens (tertiary/aromatic N) is 1. The van der Waals surface area contributed by atoms with Gasteiger partial charge in [-0.3, -0.25) is 9.69 Å². The van der Waals surface area contributed by atoms with E-state index in [0.717, 1.165) is 45.6 Å². The zero-order valence-electron chi connectivity index (χ0n) is 9.65. The lowest BCUT2D eigenvalue weighted by Gasteiger charge is -2.31. The van der Waals surface area contributed by atoms with Gasteiger partial charge in [0.05, 0.1) is 6.54 Å². The molecule has 3 N–H and O–H groups in total. The van der Waals surface area contributed by atoms with Gasteiger partial charge in [0, 0.05) is 38.4 Å². The summed E-state index contributed by atoms with van der Waals surface area (Å²) in [5.74, 6) is -0.0428. The van der Waals surface area contributed by atoms with Crippen LogP contribution in [0, 0.1) is 0 Å². The fourth-order valence-corrected chi connectivity index (χ4v) is 2.57. The zero-order chi connectivity index (χ0) is 11.4. The normalized spacial score (nSPS) is 28.2. The average Bonchev–Trinajstić information content (AvgIpc) is 2.78. The summed E-state index contributed by atoms with van der Waals surface area (Å²) in [6.07, 6.45) is 3.29. The molecule has 1 atom stereocenters. The number of rotatable bonds is 3. The molecule has 92 valence electrons. The number of carbonyl (C=O) groups excluding carboxylic acids is 1. The van der Waals surface area contributed by atoms with E-state index >= 15 is 0 Å². The quantitative estimate of drug-likeness (QED) is 0.670. The second-order valence-electron chi connectivity index (χ2n) is 4.60. The molecule has 2 aliphatic heterocycles. The number of nitrogens with two attached hydrogens (primary N) is 1. The maximum atomic E-state index is 11.2. The first kappa shape index (κ1) is 11.8. The number of hydrogen-bond donors (Lipinski definition) is 2. The molecule has 0 aliphatic carbocycles. The van der Waals surface area contributed by atoms with Gasteiger partial charge in [-0.15, -0.1) is 0 Å². The predicted octanol–water partition coefficient (Wildman–Crippen LogP) is -0.685. The first-order valence-corrected chi connectivity index (χ1v) is 6.11. The second-order valence-corrected chi connectivity index (χ2v) is 4.60. The van der Waals surface area contributed by atoms with E-state index in [1.165, 1.54) is 0 Å². The van der Waals surface area contributed by atoms with Crippen molar-refractivity contribution in [1.82, 2.24) is 10.2 Å². The summed E-state index contributed by atoms with van der Waals surface area (Å²) in [6.45, 7) is 3.90. The highest BCUT2D eigenvalue weighted by Crippen LogP contribution is 2.19. The van der Waals surface area contributed by atoms with Crippen molar-refractivity contribution in [3.05, 3.63) is 0 Å². The molecule has 2 rings (SSSR count). The van der Waals surface area contributed by atoms with Gasteiger partial charge >= 0.3 is 0 Å². The summed E-state index contributed by atoms with van der Waals surface area (Å²) in [7, 11) is 0. The molecule has 2 aliphatic rings. The summed E-state index contributed by atoms with van der Waals surface area (Å²) in [6, 6.07) is 0.937. The van der Waals surface area contributed by atoms with E-state index in [1.807, 2.05) is 0 Å². The molecule has 16 heavy (non-hydrogen) atoms. The minimum Gasteiger partial charge on any atom is -0.381 e. The van der Waals surface area contributed by atoms with Crippen molar-refractivity contribution in [2.75, 3.05) is 32.8 Å². The molecule has 0 spiro atoms. The Balaban J connectivity index is 1.76. The van der Waals surface area contributed by atoms with Crippen molar-refractivity contribution in [3.8, 4) is 0 Å². The molecule has 0 radical (unpaired) electrons. The molecule has 5 heteroatoms. The lowest BCUT2D eigenvalue weighted by Crippen LogP contribution is -2.43. The predicted molar refractivity (Wildman–Crippen MR) is 61.0 cm³/mol. The summed E-state index contributed by atoms with van der Waals surface area (Å²) in [5.41, 5.74) is 5.29. The van der Waals surface area contributed by atoms with Crippen molar-refractivity contribution >= 4 is 5.91 Å². The van der Waals surface area contributed by atoms with Crippen LogP contribution in [0.5, 0.6) is 0 Å². The Labute approximate surface area is 96.3 Å². The van der Waals surface area contributed by atoms with E-state index in [9.17, 15) is 4.79 Å². The summed E-state index contributed by atoms with van der Waals surface area (Å²) >= 11 is 0. The number of likely N-dealkylation sites (tertiary alicyclic amines) is 1. The molecular weight excluding hydrogens is 206 g/mol. The molecular formula is C11H21N3O2. The van der Waals surface area contributed by atoms with E-state index in [0.29, 0.717) is 12.1 Å². The highest BCUT2D eigenvalue weighted by atomic mass is 16.5. The molecule has 0 bridgehead atoms. The molecule has 2 heterocycles. The molecule has 5 nitrogen and oxygen atoms in total. The van der Waals surface area contributed by atoms with Crippen molar-refractivity contribution in [2.45, 2.75) is 31.3 Å². The molecule has 2 saturated heterocycles. The van der Waals surface area contributed by atoms with E-state index < -0.39 is 0 Å². The van der Waals surface area contributed by atoms with Gasteiger partial charge in [-0.1, -0.05) is 0 Å². The van der Waals surface area contributed by atoms with Crippen LogP contribution in [-0.2, 0) is 9.53 Å². The van der Waals surface area contributed by atoms with Gasteiger partial charge in [0.1, 0.15) is 0 Å². The molecule has 0 aromatic heterocycles. The summed E-state index contributed by atoms with van der Waals surface area (Å²) < 4.78 is 5.36. The van der Waals surface area contributed by atoms with Crippen LogP contribution in [0.4, 0.5) is 0 Å². The van der Waals surface area contributed by atoms with Gasteiger partial charge in [0.15, 0.2) is 0 Å². The molecule has 0 saturated carbocycles. The molecule has 2 fully saturated rings. The van der Waals surface area contributed by atoms with Gasteiger partial charge in [-0.2, -0.15) is 0 Å². The molecule has 1 amide bonds. The Morgan fingerprint density at radius 2 is 2.12 bits per heavy atom. The van der Waals surface area contributed by atoms with Gasteiger partial charge in [-0.05, 0) is 19.3 Å². The van der Waals surface area contributed by atoms with Crippen LogP contribution in [0.3, 0.4) is 0 Å². The fraction of sp³-hybridized carbons (Fsp3) is 0.909. The first-order valence-electron chi connectivity index (χ1n) is 6.11. The Morgan fingerprint density at radius 1 is 1.38 bits per heavy atom. The first-order chi connectivity index (χ1) is 7.79. The van der Waals surface area contributed by atoms with E-state index in [-0.39, 0.29) is 12.5 Å². The lowest BCUT2D eigenvalue weighted by atomic mass is 10.1. The van der Waals surface area contributed by atoms with E-state index in [1.54, 1.807) is 0 Å². The fourth-order valence-electron chi connectivity index (χ4n) is 2.57. The van der Waals surface area contributed by atoms with Gasteiger partial charge in [0.2, 0.25) is 5.91 Å². The van der Waals surface area contributed by atoms with Gasteiger partial charge < -0.3 is 15.8 Å². The summed E-state index contributed by atoms with van der Waals surface area (Å²) in [4.78, 5) is 13.7. The van der Waals surface area contributed by atoms with Crippen LogP contribution in [0.15, 0.2) is 0 Å². The average molecular weight is 227 g/mol. The van der Waals surface area contributed by atoms with Crippen LogP contribution >= 0.6 is 0 Å². The van der Waals surface area contributed by atoms with Crippen LogP contribution in [0.2, 0.25) is 0 Å². The third-order valence-corrected chi connectivity index (χ3v) is 3.48. The smallest absolute Gasteiger partial charge is 0.233 e. The standard InChI is InChI=1S/C11H21N3O2/c12-7-11(15)13-9-1-4-14(8-9)10-2-5-16-6-3-10/h9-10H,1-8,12H2,(H,13,15). The van der Waals surface area contributed by atoms with Crippen LogP contribution in [-0.4, -0.2) is 55.7 Å². The Hall–Kier alpha value is -0.650. The van der Waals surface area contributed by atoms with Crippen LogP contribution in [0.1, 0.15) is 19.3 Å². The van der Waals surface area contributed by atoms with Crippen molar-refractivity contribution in [1.29, 1.82) is 0 Å². The number of nitrogens with one attached hydrogen (secondary N) is 1. The third-order valence-electron chi connectivity index (χ3n) is 3.48. The highest BCUT2D eigenvalue weighted by molar-refractivity contribution is 5.78. The van der Waals surface area contributed by atoms with E-state index in [4.69, 9.17) is 10.5 Å². The number of amides is 1. The topological polar surface area (TPSA) is 67.6 Å². The largest absolute Gasteiger partial charge is 0.381 e. The molecule has 1 unspecified atom stereocenters. The van der Waals surface area contributed by atoms with Crippen molar-refractivity contribution < 1.29 is 9.53 Å². The maximum Gasteiger partial charge on any atom is 0.233 e. The van der Waals surface area contributed by atoms with Gasteiger partial charge in [-0.25, -0.2) is 0 Å². The number of hydrogen-bond acceptors (Lipinski definition) is 4. The van der Waals surface area contributed by atoms with Crippen LogP contribution in [0.25, 0.3) is 0 Å². The monoisotopic (exact) mass is 227 g/mol. The van der Waals surface area contributed by atoms with Gasteiger partial charge in [0.25, 0.3) is 0 Å². The minimum atomic E-state index is -0.0428. The van der Waals surface area contributed by atoms with Crippen LogP contribution < -0.4 is 11.1 Å². The third kappa shape index (κ3) is 2.93. The van der Waals surface area contributed by atoms with Crippen molar-refractivity contribution in [2.24, 2.45) is 5.73 Å². The Morgan fingerprint density at radius 3 is 2.81 bits per heavy atom. The number of ether oxygens (including phenoxy) is 1. The van der Waals surface area contributed by atoms with Crippen molar-refractivity contribution in [3.63, 3.8) is 0 Å². The zero-order valence-corrected chi connectivity index (χ0v) is 9.65. The summed E-state index contributed by atoms with van der Waals surface area (Å²) in [5, 5.41) is 2.96. The molecule has 0 aromatic carbocycles. The highest BCUT2D eigenvalue weighted by Gasteiger charge is 2.29. The Bertz CT molecular complexity index is 241. The SMILES string of the molecule is NCC(=O)NC1CCN(C2CCOCC2)C1. The molecule has 0 aromatic rings. The number of carbonyl (C=O) groups is 1.